The van der Waals surface area contributed by atoms with E-state index < -0.39 is 0 Å². The molecule has 0 atom stereocenters. The van der Waals surface area contributed by atoms with Gasteiger partial charge in [0.25, 0.3) is 5.56 Å². The SMILES string of the molecule is O=c1cc(O)c2sccc2n1/N=C/c1ccccc1. The van der Waals surface area contributed by atoms with E-state index in [0.29, 0.717) is 10.2 Å². The molecule has 5 heteroatoms. The summed E-state index contributed by atoms with van der Waals surface area (Å²) in [4.78, 5) is 11.9. The molecule has 0 fully saturated rings. The maximum absolute atomic E-state index is 11.9. The Morgan fingerprint density at radius 3 is 2.79 bits per heavy atom. The fourth-order valence-corrected chi connectivity index (χ4v) is 2.59. The largest absolute Gasteiger partial charge is 0.506 e. The molecule has 2 heterocycles. The fourth-order valence-electron chi connectivity index (χ4n) is 1.81. The van der Waals surface area contributed by atoms with Crippen LogP contribution in [-0.2, 0) is 0 Å². The Bertz CT molecular complexity index is 803. The summed E-state index contributed by atoms with van der Waals surface area (Å²) < 4.78 is 1.95. The number of hydrogen-bond acceptors (Lipinski definition) is 4. The quantitative estimate of drug-likeness (QED) is 0.728. The van der Waals surface area contributed by atoms with Gasteiger partial charge in [-0.2, -0.15) is 9.78 Å². The molecule has 0 bridgehead atoms. The van der Waals surface area contributed by atoms with E-state index in [-0.39, 0.29) is 11.3 Å². The molecule has 0 aliphatic rings. The Morgan fingerprint density at radius 1 is 1.21 bits per heavy atom. The lowest BCUT2D eigenvalue weighted by Crippen LogP contribution is -2.14. The van der Waals surface area contributed by atoms with Gasteiger partial charge in [-0.05, 0) is 17.0 Å². The minimum atomic E-state index is -0.351. The van der Waals surface area contributed by atoms with E-state index in [1.54, 1.807) is 12.3 Å². The predicted octanol–water partition coefficient (Wildman–Crippen LogP) is 2.65. The van der Waals surface area contributed by atoms with Crippen molar-refractivity contribution in [3.05, 3.63) is 63.8 Å². The van der Waals surface area contributed by atoms with E-state index in [4.69, 9.17) is 0 Å². The van der Waals surface area contributed by atoms with Crippen LogP contribution in [0.2, 0.25) is 0 Å². The Labute approximate surface area is 112 Å². The fraction of sp³-hybridized carbons (Fsp3) is 0. The molecule has 19 heavy (non-hydrogen) atoms. The molecule has 2 aromatic heterocycles. The average Bonchev–Trinajstić information content (AvgIpc) is 2.89. The molecule has 4 nitrogen and oxygen atoms in total. The van der Waals surface area contributed by atoms with Crippen molar-refractivity contribution in [1.82, 2.24) is 4.68 Å². The number of fused-ring (bicyclic) bond motifs is 1. The Balaban J connectivity index is 2.13. The Kier molecular flexibility index (Phi) is 2.89. The van der Waals surface area contributed by atoms with E-state index in [2.05, 4.69) is 5.10 Å². The van der Waals surface area contributed by atoms with Gasteiger partial charge in [-0.1, -0.05) is 30.3 Å². The minimum Gasteiger partial charge on any atom is -0.506 e. The zero-order valence-corrected chi connectivity index (χ0v) is 10.7. The second-order valence-corrected chi connectivity index (χ2v) is 4.89. The molecule has 0 radical (unpaired) electrons. The van der Waals surface area contributed by atoms with Crippen LogP contribution in [0.3, 0.4) is 0 Å². The van der Waals surface area contributed by atoms with Crippen molar-refractivity contribution in [2.75, 3.05) is 0 Å². The number of hydrogen-bond donors (Lipinski definition) is 1. The number of rotatable bonds is 2. The molecule has 1 aromatic carbocycles. The molecule has 0 saturated heterocycles. The molecule has 94 valence electrons. The van der Waals surface area contributed by atoms with Crippen LogP contribution in [0, 0.1) is 0 Å². The van der Waals surface area contributed by atoms with Crippen molar-refractivity contribution in [2.45, 2.75) is 0 Å². The molecule has 0 spiro atoms. The van der Waals surface area contributed by atoms with Gasteiger partial charge in [-0.25, -0.2) is 0 Å². The Hall–Kier alpha value is -2.40. The second-order valence-electron chi connectivity index (χ2n) is 3.97. The van der Waals surface area contributed by atoms with Gasteiger partial charge >= 0.3 is 0 Å². The van der Waals surface area contributed by atoms with Crippen LogP contribution in [0.1, 0.15) is 5.56 Å². The summed E-state index contributed by atoms with van der Waals surface area (Å²) in [7, 11) is 0. The van der Waals surface area contributed by atoms with Crippen molar-refractivity contribution >= 4 is 27.8 Å². The lowest BCUT2D eigenvalue weighted by Gasteiger charge is -2.01. The van der Waals surface area contributed by atoms with Crippen molar-refractivity contribution in [2.24, 2.45) is 5.10 Å². The van der Waals surface area contributed by atoms with E-state index in [1.165, 1.54) is 22.1 Å². The van der Waals surface area contributed by atoms with Gasteiger partial charge < -0.3 is 5.11 Å². The lowest BCUT2D eigenvalue weighted by atomic mass is 10.2. The number of thiophene rings is 1. The van der Waals surface area contributed by atoms with Crippen LogP contribution >= 0.6 is 11.3 Å². The second kappa shape index (κ2) is 4.70. The molecular weight excluding hydrogens is 260 g/mol. The molecule has 0 aliphatic heterocycles. The van der Waals surface area contributed by atoms with Gasteiger partial charge in [-0.15, -0.1) is 11.3 Å². The first kappa shape index (κ1) is 11.7. The van der Waals surface area contributed by atoms with Crippen LogP contribution in [0.15, 0.2) is 57.7 Å². The Morgan fingerprint density at radius 2 is 2.00 bits per heavy atom. The van der Waals surface area contributed by atoms with E-state index in [1.807, 2.05) is 35.7 Å². The van der Waals surface area contributed by atoms with Crippen LogP contribution < -0.4 is 5.56 Å². The normalized spacial score (nSPS) is 11.4. The highest BCUT2D eigenvalue weighted by Gasteiger charge is 2.08. The van der Waals surface area contributed by atoms with E-state index >= 15 is 0 Å². The van der Waals surface area contributed by atoms with Gasteiger partial charge in [0.05, 0.1) is 16.4 Å². The third-order valence-electron chi connectivity index (χ3n) is 2.70. The third-order valence-corrected chi connectivity index (χ3v) is 3.62. The van der Waals surface area contributed by atoms with Crippen molar-refractivity contribution in [3.8, 4) is 5.75 Å². The molecule has 3 aromatic rings. The van der Waals surface area contributed by atoms with Crippen molar-refractivity contribution in [1.29, 1.82) is 0 Å². The first-order valence-electron chi connectivity index (χ1n) is 5.67. The zero-order chi connectivity index (χ0) is 13.2. The molecule has 0 unspecified atom stereocenters. The first-order chi connectivity index (χ1) is 9.25. The monoisotopic (exact) mass is 270 g/mol. The minimum absolute atomic E-state index is 0.00108. The van der Waals surface area contributed by atoms with E-state index in [0.717, 1.165) is 5.56 Å². The number of nitrogens with zero attached hydrogens (tertiary/aromatic N) is 2. The summed E-state index contributed by atoms with van der Waals surface area (Å²) >= 11 is 1.37. The summed E-state index contributed by atoms with van der Waals surface area (Å²) in [6.07, 6.45) is 1.62. The lowest BCUT2D eigenvalue weighted by molar-refractivity contribution is 0.480. The molecule has 1 N–H and O–H groups in total. The maximum Gasteiger partial charge on any atom is 0.275 e. The standard InChI is InChI=1S/C14H10N2O2S/c17-12-8-13(18)16(11-6-7-19-14(11)12)15-9-10-4-2-1-3-5-10/h1-9,17H/b15-9+. The number of aromatic hydroxyl groups is 1. The first-order valence-corrected chi connectivity index (χ1v) is 6.55. The predicted molar refractivity (Wildman–Crippen MR) is 77.2 cm³/mol. The summed E-state index contributed by atoms with van der Waals surface area (Å²) in [5.74, 6) is 0.00108. The van der Waals surface area contributed by atoms with Gasteiger partial charge in [0.15, 0.2) is 0 Å². The summed E-state index contributed by atoms with van der Waals surface area (Å²) in [6, 6.07) is 12.5. The molecular formula is C14H10N2O2S. The van der Waals surface area contributed by atoms with Crippen LogP contribution in [0.4, 0.5) is 0 Å². The number of benzene rings is 1. The van der Waals surface area contributed by atoms with Gasteiger partial charge in [0, 0.05) is 6.07 Å². The smallest absolute Gasteiger partial charge is 0.275 e. The zero-order valence-electron chi connectivity index (χ0n) is 9.85. The molecule has 0 aliphatic carbocycles. The summed E-state index contributed by atoms with van der Waals surface area (Å²) in [6.45, 7) is 0. The maximum atomic E-state index is 11.9. The van der Waals surface area contributed by atoms with Crippen LogP contribution in [-0.4, -0.2) is 16.0 Å². The highest BCUT2D eigenvalue weighted by atomic mass is 32.1. The van der Waals surface area contributed by atoms with Gasteiger partial charge in [0.2, 0.25) is 0 Å². The van der Waals surface area contributed by atoms with Crippen molar-refractivity contribution in [3.63, 3.8) is 0 Å². The van der Waals surface area contributed by atoms with E-state index in [9.17, 15) is 9.90 Å². The summed E-state index contributed by atoms with van der Waals surface area (Å²) in [5, 5.41) is 15.7. The third kappa shape index (κ3) is 2.15. The van der Waals surface area contributed by atoms with Gasteiger partial charge in [-0.3, -0.25) is 4.79 Å². The van der Waals surface area contributed by atoms with Crippen molar-refractivity contribution < 1.29 is 5.11 Å². The average molecular weight is 270 g/mol. The highest BCUT2D eigenvalue weighted by Crippen LogP contribution is 2.27. The summed E-state index contributed by atoms with van der Waals surface area (Å²) in [5.41, 5.74) is 1.17. The van der Waals surface area contributed by atoms with Crippen LogP contribution in [0.5, 0.6) is 5.75 Å². The number of aromatic nitrogens is 1. The topological polar surface area (TPSA) is 54.6 Å². The highest BCUT2D eigenvalue weighted by molar-refractivity contribution is 7.17. The van der Waals surface area contributed by atoms with Gasteiger partial charge in [0.1, 0.15) is 5.75 Å². The van der Waals surface area contributed by atoms with Crippen LogP contribution in [0.25, 0.3) is 10.2 Å². The number of pyridine rings is 1. The molecule has 0 saturated carbocycles. The molecule has 0 amide bonds. The molecule has 3 rings (SSSR count).